The van der Waals surface area contributed by atoms with Gasteiger partial charge in [-0.05, 0) is 45.4 Å². The molecular formula is C24H28N4O4S2. The lowest BCUT2D eigenvalue weighted by Gasteiger charge is -2.15. The Hall–Kier alpha value is -3.11. The molecule has 0 aliphatic rings. The summed E-state index contributed by atoms with van der Waals surface area (Å²) in [5, 5.41) is 12.5. The molecule has 1 amide bonds. The quantitative estimate of drug-likeness (QED) is 0.220. The van der Waals surface area contributed by atoms with Crippen LogP contribution in [0.2, 0.25) is 0 Å². The molecule has 0 saturated carbocycles. The normalized spacial score (nSPS) is 11.6. The summed E-state index contributed by atoms with van der Waals surface area (Å²) < 4.78 is 13.0. The second kappa shape index (κ2) is 11.8. The smallest absolute Gasteiger partial charge is 0.341 e. The Balaban J connectivity index is 1.70. The van der Waals surface area contributed by atoms with Gasteiger partial charge in [-0.1, -0.05) is 36.0 Å². The number of thioether (sulfide) groups is 1. The van der Waals surface area contributed by atoms with E-state index in [1.807, 2.05) is 55.7 Å². The molecule has 0 bridgehead atoms. The summed E-state index contributed by atoms with van der Waals surface area (Å²) in [7, 11) is 0. The molecule has 10 heteroatoms. The summed E-state index contributed by atoms with van der Waals surface area (Å²) in [6.45, 7) is 12.0. The first kappa shape index (κ1) is 25.5. The maximum atomic E-state index is 12.7. The molecule has 1 aromatic carbocycles. The highest BCUT2D eigenvalue weighted by Crippen LogP contribution is 2.33. The topological polar surface area (TPSA) is 95.3 Å². The van der Waals surface area contributed by atoms with Crippen LogP contribution in [0.1, 0.15) is 46.6 Å². The predicted molar refractivity (Wildman–Crippen MR) is 135 cm³/mol. The van der Waals surface area contributed by atoms with Gasteiger partial charge in [0.1, 0.15) is 10.8 Å². The van der Waals surface area contributed by atoms with Crippen molar-refractivity contribution >= 4 is 40.0 Å². The lowest BCUT2D eigenvalue weighted by molar-refractivity contribution is -0.113. The van der Waals surface area contributed by atoms with E-state index in [1.54, 1.807) is 13.0 Å². The second-order valence-electron chi connectivity index (χ2n) is 7.36. The number of ether oxygens (including phenoxy) is 2. The summed E-state index contributed by atoms with van der Waals surface area (Å²) in [5.74, 6) is 0.785. The molecule has 0 aliphatic heterocycles. The Morgan fingerprint density at radius 2 is 2.00 bits per heavy atom. The average molecular weight is 501 g/mol. The van der Waals surface area contributed by atoms with Gasteiger partial charge in [0.15, 0.2) is 17.1 Å². The van der Waals surface area contributed by atoms with Gasteiger partial charge in [-0.25, -0.2) is 4.79 Å². The number of anilines is 1. The highest BCUT2D eigenvalue weighted by atomic mass is 32.2. The molecule has 0 saturated heterocycles. The summed E-state index contributed by atoms with van der Waals surface area (Å²) in [5.41, 5.74) is 1.22. The van der Waals surface area contributed by atoms with E-state index in [0.29, 0.717) is 28.1 Å². The van der Waals surface area contributed by atoms with Crippen molar-refractivity contribution in [2.75, 3.05) is 17.7 Å². The van der Waals surface area contributed by atoms with Crippen molar-refractivity contribution in [2.45, 2.75) is 45.5 Å². The van der Waals surface area contributed by atoms with Crippen molar-refractivity contribution in [3.63, 3.8) is 0 Å². The van der Waals surface area contributed by atoms with Crippen LogP contribution in [0.15, 0.2) is 48.1 Å². The van der Waals surface area contributed by atoms with Crippen molar-refractivity contribution < 1.29 is 19.1 Å². The van der Waals surface area contributed by atoms with Crippen LogP contribution in [0.3, 0.4) is 0 Å². The van der Waals surface area contributed by atoms with E-state index >= 15 is 0 Å². The molecule has 3 aromatic rings. The van der Waals surface area contributed by atoms with E-state index in [1.165, 1.54) is 23.1 Å². The molecule has 0 radical (unpaired) electrons. The lowest BCUT2D eigenvalue weighted by atomic mass is 10.1. The van der Waals surface area contributed by atoms with Crippen molar-refractivity contribution in [1.29, 1.82) is 0 Å². The highest BCUT2D eigenvalue weighted by molar-refractivity contribution is 7.99. The van der Waals surface area contributed by atoms with Gasteiger partial charge in [0, 0.05) is 11.4 Å². The van der Waals surface area contributed by atoms with Gasteiger partial charge >= 0.3 is 5.97 Å². The molecule has 3 rings (SSSR count). The third kappa shape index (κ3) is 6.06. The van der Waals surface area contributed by atoms with Crippen LogP contribution in [-0.2, 0) is 16.1 Å². The number of rotatable bonds is 11. The molecule has 1 N–H and O–H groups in total. The molecule has 8 nitrogen and oxygen atoms in total. The average Bonchev–Trinajstić information content (AvgIpc) is 3.33. The number of thiophene rings is 1. The Morgan fingerprint density at radius 3 is 2.68 bits per heavy atom. The molecule has 2 heterocycles. The Bertz CT molecular complexity index is 1160. The number of nitrogens with zero attached hydrogens (tertiary/aromatic N) is 3. The summed E-state index contributed by atoms with van der Waals surface area (Å²) in [4.78, 5) is 26.0. The third-order valence-corrected chi connectivity index (χ3v) is 7.02. The molecule has 1 atom stereocenters. The number of benzene rings is 1. The molecule has 0 aliphatic carbocycles. The number of para-hydroxylation sites is 1. The Morgan fingerprint density at radius 1 is 1.26 bits per heavy atom. The lowest BCUT2D eigenvalue weighted by Crippen LogP contribution is -2.17. The standard InChI is InChI=1S/C24H28N4O4S2/c1-6-13-28-21(16(4)32-18-11-9-8-10-12-18)26-27-24(28)33-14-19(29)25-22-20(23(30)31-7-2)15(3)17(5)34-22/h6,8-12,16H,1,7,13-14H2,2-5H3,(H,25,29). The fourth-order valence-corrected chi connectivity index (χ4v) is 5.04. The van der Waals surface area contributed by atoms with E-state index < -0.39 is 5.97 Å². The first-order valence-corrected chi connectivity index (χ1v) is 12.6. The zero-order valence-electron chi connectivity index (χ0n) is 19.7. The number of aromatic nitrogens is 3. The zero-order chi connectivity index (χ0) is 24.7. The first-order chi connectivity index (χ1) is 16.3. The number of aryl methyl sites for hydroxylation is 1. The number of carbonyl (C=O) groups excluding carboxylic acids is 2. The zero-order valence-corrected chi connectivity index (χ0v) is 21.3. The van der Waals surface area contributed by atoms with Crippen LogP contribution >= 0.6 is 23.1 Å². The summed E-state index contributed by atoms with van der Waals surface area (Å²) >= 11 is 2.62. The van der Waals surface area contributed by atoms with Crippen LogP contribution < -0.4 is 10.1 Å². The number of hydrogen-bond acceptors (Lipinski definition) is 8. The summed E-state index contributed by atoms with van der Waals surface area (Å²) in [6.07, 6.45) is 1.40. The van der Waals surface area contributed by atoms with E-state index in [-0.39, 0.29) is 24.4 Å². The fourth-order valence-electron chi connectivity index (χ4n) is 3.22. The van der Waals surface area contributed by atoms with Crippen molar-refractivity contribution in [1.82, 2.24) is 14.8 Å². The maximum Gasteiger partial charge on any atom is 0.341 e. The number of nitrogens with one attached hydrogen (secondary N) is 1. The van der Waals surface area contributed by atoms with Crippen LogP contribution in [0, 0.1) is 13.8 Å². The SMILES string of the molecule is C=CCn1c(SCC(=O)Nc2sc(C)c(C)c2C(=O)OCC)nnc1C(C)Oc1ccccc1. The van der Waals surface area contributed by atoms with Crippen LogP contribution in [0.25, 0.3) is 0 Å². The molecule has 180 valence electrons. The fraction of sp³-hybridized carbons (Fsp3) is 0.333. The van der Waals surface area contributed by atoms with Gasteiger partial charge in [-0.3, -0.25) is 9.36 Å². The predicted octanol–water partition coefficient (Wildman–Crippen LogP) is 5.19. The van der Waals surface area contributed by atoms with E-state index in [9.17, 15) is 9.59 Å². The molecule has 2 aromatic heterocycles. The van der Waals surface area contributed by atoms with Crippen molar-refractivity contribution in [3.05, 3.63) is 64.8 Å². The Labute approximate surface area is 207 Å². The largest absolute Gasteiger partial charge is 0.483 e. The highest BCUT2D eigenvalue weighted by Gasteiger charge is 2.23. The molecule has 0 fully saturated rings. The van der Waals surface area contributed by atoms with Gasteiger partial charge in [-0.2, -0.15) is 0 Å². The minimum atomic E-state index is -0.435. The van der Waals surface area contributed by atoms with E-state index in [2.05, 4.69) is 22.1 Å². The van der Waals surface area contributed by atoms with Gasteiger partial charge < -0.3 is 14.8 Å². The van der Waals surface area contributed by atoms with E-state index in [4.69, 9.17) is 9.47 Å². The van der Waals surface area contributed by atoms with Crippen molar-refractivity contribution in [3.8, 4) is 5.75 Å². The number of esters is 1. The molecule has 0 spiro atoms. The number of carbonyl (C=O) groups is 2. The van der Waals surface area contributed by atoms with Gasteiger partial charge in [0.05, 0.1) is 17.9 Å². The number of amides is 1. The maximum absolute atomic E-state index is 12.7. The van der Waals surface area contributed by atoms with Crippen molar-refractivity contribution in [2.24, 2.45) is 0 Å². The Kier molecular flexibility index (Phi) is 8.89. The van der Waals surface area contributed by atoms with Crippen LogP contribution in [-0.4, -0.2) is 39.0 Å². The minimum Gasteiger partial charge on any atom is -0.483 e. The first-order valence-electron chi connectivity index (χ1n) is 10.8. The van der Waals surface area contributed by atoms with Gasteiger partial charge in [0.2, 0.25) is 5.91 Å². The van der Waals surface area contributed by atoms with Crippen LogP contribution in [0.4, 0.5) is 5.00 Å². The van der Waals surface area contributed by atoms with Gasteiger partial charge in [0.25, 0.3) is 0 Å². The second-order valence-corrected chi connectivity index (χ2v) is 9.53. The van der Waals surface area contributed by atoms with Crippen LogP contribution in [0.5, 0.6) is 5.75 Å². The minimum absolute atomic E-state index is 0.0987. The van der Waals surface area contributed by atoms with Gasteiger partial charge in [-0.15, -0.1) is 28.1 Å². The molecular weight excluding hydrogens is 472 g/mol. The monoisotopic (exact) mass is 500 g/mol. The van der Waals surface area contributed by atoms with E-state index in [0.717, 1.165) is 16.2 Å². The third-order valence-electron chi connectivity index (χ3n) is 4.93. The number of allylic oxidation sites excluding steroid dienone is 1. The summed E-state index contributed by atoms with van der Waals surface area (Å²) in [6, 6.07) is 9.49. The molecule has 34 heavy (non-hydrogen) atoms. The molecule has 1 unspecified atom stereocenters. The number of hydrogen-bond donors (Lipinski definition) is 1.